The first-order valence-electron chi connectivity index (χ1n) is 9.14. The summed E-state index contributed by atoms with van der Waals surface area (Å²) in [4.78, 5) is 27.0. The van der Waals surface area contributed by atoms with E-state index >= 15 is 0 Å². The van der Waals surface area contributed by atoms with Crippen LogP contribution in [0.1, 0.15) is 46.1 Å². The Morgan fingerprint density at radius 3 is 2.38 bits per heavy atom. The van der Waals surface area contributed by atoms with Gasteiger partial charge in [0, 0.05) is 29.1 Å². The molecule has 5 heteroatoms. The molecule has 2 unspecified atom stereocenters. The lowest BCUT2D eigenvalue weighted by molar-refractivity contribution is -0.142. The second kappa shape index (κ2) is 9.09. The number of rotatable bonds is 4. The molecule has 1 N–H and O–H groups in total. The van der Waals surface area contributed by atoms with Crippen molar-refractivity contribution in [2.45, 2.75) is 52.6 Å². The highest BCUT2D eigenvalue weighted by Crippen LogP contribution is 2.19. The largest absolute Gasteiger partial charge is 0.350 e. The molecule has 1 aliphatic rings. The topological polar surface area (TPSA) is 49.4 Å². The summed E-state index contributed by atoms with van der Waals surface area (Å²) in [5.74, 6) is 5.97. The zero-order valence-electron chi connectivity index (χ0n) is 15.9. The number of halogens is 1. The average Bonchev–Trinajstić information content (AvgIpc) is 2.55. The van der Waals surface area contributed by atoms with Crippen LogP contribution in [0, 0.1) is 23.7 Å². The van der Waals surface area contributed by atoms with Gasteiger partial charge >= 0.3 is 0 Å². The fraction of sp³-hybridized carbons (Fsp3) is 0.524. The normalized spacial score (nSPS) is 20.0. The van der Waals surface area contributed by atoms with Crippen LogP contribution < -0.4 is 5.32 Å². The van der Waals surface area contributed by atoms with Gasteiger partial charge in [0.05, 0.1) is 0 Å². The van der Waals surface area contributed by atoms with Crippen molar-refractivity contribution in [2.24, 2.45) is 11.8 Å². The van der Waals surface area contributed by atoms with Gasteiger partial charge in [-0.2, -0.15) is 0 Å². The number of hydrogen-bond donors (Lipinski definition) is 1. The van der Waals surface area contributed by atoms with Crippen LogP contribution >= 0.6 is 11.6 Å². The van der Waals surface area contributed by atoms with Crippen molar-refractivity contribution in [1.29, 1.82) is 0 Å². The Bertz CT molecular complexity index is 701. The first kappa shape index (κ1) is 20.3. The van der Waals surface area contributed by atoms with Crippen LogP contribution in [0.25, 0.3) is 0 Å². The average molecular weight is 375 g/mol. The highest BCUT2D eigenvalue weighted by atomic mass is 35.5. The fourth-order valence-corrected chi connectivity index (χ4v) is 3.31. The number of nitrogens with one attached hydrogen (secondary N) is 1. The highest BCUT2D eigenvalue weighted by molar-refractivity contribution is 6.30. The molecule has 0 radical (unpaired) electrons. The Hall–Kier alpha value is -1.99. The molecule has 0 spiro atoms. The molecule has 0 bridgehead atoms. The minimum absolute atomic E-state index is 0.0211. The molecule has 0 aliphatic carbocycles. The minimum atomic E-state index is -0.453. The SMILES string of the molecule is CC(C)CC1CN(C(=O)C#Cc2ccc(Cl)cc2)C(CC(C)C)C(=O)N1. The molecule has 1 saturated heterocycles. The first-order valence-corrected chi connectivity index (χ1v) is 9.52. The number of benzene rings is 1. The molecule has 26 heavy (non-hydrogen) atoms. The standard InChI is InChI=1S/C21H27ClN2O2/c1-14(2)11-18-13-24(19(12-15(3)4)21(26)23-18)20(25)10-7-16-5-8-17(22)9-6-16/h5-6,8-9,14-15,18-19H,11-13H2,1-4H3,(H,23,26). The van der Waals surface area contributed by atoms with E-state index in [0.717, 1.165) is 12.0 Å². The summed E-state index contributed by atoms with van der Waals surface area (Å²) < 4.78 is 0. The fourth-order valence-electron chi connectivity index (χ4n) is 3.19. The van der Waals surface area contributed by atoms with E-state index in [0.29, 0.717) is 29.8 Å². The Kier molecular flexibility index (Phi) is 7.11. The van der Waals surface area contributed by atoms with Gasteiger partial charge in [0.15, 0.2) is 0 Å². The number of carbonyl (C=O) groups is 2. The Labute approximate surface area is 161 Å². The van der Waals surface area contributed by atoms with Crippen molar-refractivity contribution in [2.75, 3.05) is 6.54 Å². The molecule has 4 nitrogen and oxygen atoms in total. The maximum Gasteiger partial charge on any atom is 0.299 e. The zero-order chi connectivity index (χ0) is 19.3. The molecular weight excluding hydrogens is 348 g/mol. The van der Waals surface area contributed by atoms with Gasteiger partial charge in [-0.25, -0.2) is 0 Å². The Balaban J connectivity index is 2.20. The third kappa shape index (κ3) is 5.78. The lowest BCUT2D eigenvalue weighted by Gasteiger charge is -2.39. The third-order valence-electron chi connectivity index (χ3n) is 4.31. The maximum absolute atomic E-state index is 12.8. The predicted octanol–water partition coefficient (Wildman–Crippen LogP) is 3.48. The Morgan fingerprint density at radius 2 is 1.81 bits per heavy atom. The van der Waals surface area contributed by atoms with E-state index in [2.05, 4.69) is 44.9 Å². The van der Waals surface area contributed by atoms with Crippen LogP contribution in [0.5, 0.6) is 0 Å². The van der Waals surface area contributed by atoms with E-state index < -0.39 is 6.04 Å². The van der Waals surface area contributed by atoms with Gasteiger partial charge in [-0.15, -0.1) is 0 Å². The van der Waals surface area contributed by atoms with Crippen molar-refractivity contribution in [3.05, 3.63) is 34.9 Å². The molecule has 1 fully saturated rings. The smallest absolute Gasteiger partial charge is 0.299 e. The minimum Gasteiger partial charge on any atom is -0.350 e. The molecule has 1 heterocycles. The van der Waals surface area contributed by atoms with Crippen molar-refractivity contribution in [3.63, 3.8) is 0 Å². The molecule has 140 valence electrons. The monoisotopic (exact) mass is 374 g/mol. The van der Waals surface area contributed by atoms with Gasteiger partial charge in [0.1, 0.15) is 6.04 Å². The quantitative estimate of drug-likeness (QED) is 0.820. The molecule has 2 atom stereocenters. The molecule has 0 saturated carbocycles. The first-order chi connectivity index (χ1) is 12.3. The molecule has 1 aromatic rings. The summed E-state index contributed by atoms with van der Waals surface area (Å²) >= 11 is 5.87. The van der Waals surface area contributed by atoms with Gasteiger partial charge < -0.3 is 10.2 Å². The molecule has 2 amide bonds. The second-order valence-electron chi connectivity index (χ2n) is 7.69. The van der Waals surface area contributed by atoms with Crippen LogP contribution in [0.2, 0.25) is 5.02 Å². The molecular formula is C21H27ClN2O2. The van der Waals surface area contributed by atoms with Gasteiger partial charge in [-0.1, -0.05) is 45.2 Å². The second-order valence-corrected chi connectivity index (χ2v) is 8.13. The summed E-state index contributed by atoms with van der Waals surface area (Å²) in [6.45, 7) is 8.83. The zero-order valence-corrected chi connectivity index (χ0v) is 16.6. The van der Waals surface area contributed by atoms with Crippen molar-refractivity contribution < 1.29 is 9.59 Å². The summed E-state index contributed by atoms with van der Waals surface area (Å²) in [6, 6.07) is 6.56. The van der Waals surface area contributed by atoms with Crippen LogP contribution in [0.4, 0.5) is 0 Å². The van der Waals surface area contributed by atoms with Crippen LogP contribution in [-0.2, 0) is 9.59 Å². The van der Waals surface area contributed by atoms with Crippen LogP contribution in [-0.4, -0.2) is 35.3 Å². The van der Waals surface area contributed by atoms with E-state index in [1.54, 1.807) is 29.2 Å². The van der Waals surface area contributed by atoms with Crippen molar-refractivity contribution in [3.8, 4) is 11.8 Å². The lowest BCUT2D eigenvalue weighted by Crippen LogP contribution is -2.61. The number of hydrogen-bond acceptors (Lipinski definition) is 2. The van der Waals surface area contributed by atoms with Crippen molar-refractivity contribution >= 4 is 23.4 Å². The Morgan fingerprint density at radius 1 is 1.19 bits per heavy atom. The van der Waals surface area contributed by atoms with Gasteiger partial charge in [-0.3, -0.25) is 9.59 Å². The molecule has 1 aromatic carbocycles. The number of carbonyl (C=O) groups excluding carboxylic acids is 2. The number of nitrogens with zero attached hydrogens (tertiary/aromatic N) is 1. The van der Waals surface area contributed by atoms with E-state index in [1.165, 1.54) is 0 Å². The van der Waals surface area contributed by atoms with E-state index in [9.17, 15) is 9.59 Å². The molecule has 0 aromatic heterocycles. The summed E-state index contributed by atoms with van der Waals surface area (Å²) in [5.41, 5.74) is 0.725. The van der Waals surface area contributed by atoms with Gasteiger partial charge in [0.25, 0.3) is 5.91 Å². The number of piperazine rings is 1. The van der Waals surface area contributed by atoms with E-state index in [-0.39, 0.29) is 17.9 Å². The van der Waals surface area contributed by atoms with Gasteiger partial charge in [-0.05, 0) is 48.9 Å². The van der Waals surface area contributed by atoms with Crippen LogP contribution in [0.3, 0.4) is 0 Å². The molecule has 1 aliphatic heterocycles. The van der Waals surface area contributed by atoms with E-state index in [4.69, 9.17) is 11.6 Å². The maximum atomic E-state index is 12.8. The summed E-state index contributed by atoms with van der Waals surface area (Å²) in [7, 11) is 0. The lowest BCUT2D eigenvalue weighted by atomic mass is 9.95. The van der Waals surface area contributed by atoms with Crippen LogP contribution in [0.15, 0.2) is 24.3 Å². The summed E-state index contributed by atoms with van der Waals surface area (Å²) in [5, 5.41) is 3.70. The molecule has 2 rings (SSSR count). The predicted molar refractivity (Wildman–Crippen MR) is 105 cm³/mol. The van der Waals surface area contributed by atoms with E-state index in [1.807, 2.05) is 0 Å². The summed E-state index contributed by atoms with van der Waals surface area (Å²) in [6.07, 6.45) is 1.48. The van der Waals surface area contributed by atoms with Gasteiger partial charge in [0.2, 0.25) is 5.91 Å². The number of amides is 2. The highest BCUT2D eigenvalue weighted by Gasteiger charge is 2.37. The third-order valence-corrected chi connectivity index (χ3v) is 4.56. The van der Waals surface area contributed by atoms with Crippen molar-refractivity contribution in [1.82, 2.24) is 10.2 Å².